The van der Waals surface area contributed by atoms with E-state index in [4.69, 9.17) is 0 Å². The van der Waals surface area contributed by atoms with E-state index in [9.17, 15) is 19.5 Å². The van der Waals surface area contributed by atoms with E-state index in [1.165, 1.54) is 12.1 Å². The van der Waals surface area contributed by atoms with Crippen molar-refractivity contribution in [3.05, 3.63) is 64.1 Å². The molecule has 7 nitrogen and oxygen atoms in total. The molecule has 134 valence electrons. The van der Waals surface area contributed by atoms with E-state index in [0.29, 0.717) is 25.3 Å². The monoisotopic (exact) mass is 352 g/mol. The van der Waals surface area contributed by atoms with Gasteiger partial charge in [-0.1, -0.05) is 18.2 Å². The summed E-state index contributed by atoms with van der Waals surface area (Å²) in [6.07, 6.45) is 0.980. The van der Waals surface area contributed by atoms with Crippen LogP contribution in [-0.4, -0.2) is 34.6 Å². The van der Waals surface area contributed by atoms with Crippen LogP contribution in [0.2, 0.25) is 0 Å². The molecule has 0 radical (unpaired) electrons. The minimum absolute atomic E-state index is 0.0168. The van der Waals surface area contributed by atoms with Gasteiger partial charge >= 0.3 is 6.03 Å². The number of urea groups is 1. The summed E-state index contributed by atoms with van der Waals surface area (Å²) in [6.45, 7) is 1.79. The van der Waals surface area contributed by atoms with Crippen molar-refractivity contribution in [3.63, 3.8) is 0 Å². The van der Waals surface area contributed by atoms with E-state index >= 15 is 0 Å². The Morgan fingerprint density at radius 3 is 2.54 bits per heavy atom. The summed E-state index contributed by atoms with van der Waals surface area (Å²) < 4.78 is 1.83. The molecule has 0 saturated carbocycles. The highest BCUT2D eigenvalue weighted by molar-refractivity contribution is 5.91. The van der Waals surface area contributed by atoms with Gasteiger partial charge in [0.15, 0.2) is 0 Å². The van der Waals surface area contributed by atoms with Gasteiger partial charge < -0.3 is 24.7 Å². The highest BCUT2D eigenvalue weighted by atomic mass is 16.4. The summed E-state index contributed by atoms with van der Waals surface area (Å²) in [5.41, 5.74) is 1.61. The number of amides is 2. The smallest absolute Gasteiger partial charge is 0.321 e. The second kappa shape index (κ2) is 6.33. The first-order chi connectivity index (χ1) is 12.5. The molecule has 2 aliphatic rings. The van der Waals surface area contributed by atoms with Gasteiger partial charge in [-0.3, -0.25) is 4.79 Å². The zero-order chi connectivity index (χ0) is 18.3. The average molecular weight is 352 g/mol. The van der Waals surface area contributed by atoms with Crippen molar-refractivity contribution >= 4 is 17.7 Å². The molecule has 7 heteroatoms. The number of carboxylic acids is 1. The number of rotatable bonds is 2. The molecule has 4 rings (SSSR count). The van der Waals surface area contributed by atoms with Crippen LogP contribution in [-0.2, 0) is 6.54 Å². The second-order valence-corrected chi connectivity index (χ2v) is 6.90. The normalized spacial score (nSPS) is 21.0. The second-order valence-electron chi connectivity index (χ2n) is 6.90. The standard InChI is InChI=1S/C19H19N3O4/c23-17-3-1-2-16-14-8-12(10-22(16)17)9-21(11-14)19(26)20-15-6-4-13(5-7-15)18(24)25/h1-7,12,14H,8-11H2,(H,20,26)(H,24,25)/p-1/t12-,14-/m1/s1. The summed E-state index contributed by atoms with van der Waals surface area (Å²) in [5.74, 6) is -0.837. The molecule has 1 aromatic heterocycles. The number of aromatic nitrogens is 1. The summed E-state index contributed by atoms with van der Waals surface area (Å²) in [4.78, 5) is 37.2. The zero-order valence-electron chi connectivity index (χ0n) is 14.1. The first kappa shape index (κ1) is 16.4. The molecular formula is C19H18N3O4-. The van der Waals surface area contributed by atoms with Crippen LogP contribution < -0.4 is 16.0 Å². The lowest BCUT2D eigenvalue weighted by molar-refractivity contribution is -0.255. The van der Waals surface area contributed by atoms with Crippen LogP contribution in [0.25, 0.3) is 0 Å². The molecule has 0 aliphatic carbocycles. The predicted octanol–water partition coefficient (Wildman–Crippen LogP) is 0.863. The number of carbonyl (C=O) groups is 2. The van der Waals surface area contributed by atoms with Gasteiger partial charge in [0.1, 0.15) is 0 Å². The number of fused-ring (bicyclic) bond motifs is 4. The number of benzene rings is 1. The SMILES string of the molecule is O=C([O-])c1ccc(NC(=O)N2C[C@H]3C[C@H](C2)c2cccc(=O)n2C3)cc1. The van der Waals surface area contributed by atoms with Crippen molar-refractivity contribution in [2.45, 2.75) is 18.9 Å². The van der Waals surface area contributed by atoms with Crippen LogP contribution in [0.3, 0.4) is 0 Å². The van der Waals surface area contributed by atoms with Gasteiger partial charge in [-0.25, -0.2) is 4.79 Å². The molecular weight excluding hydrogens is 334 g/mol. The highest BCUT2D eigenvalue weighted by Crippen LogP contribution is 2.35. The Morgan fingerprint density at radius 1 is 1.04 bits per heavy atom. The number of likely N-dealkylation sites (tertiary alicyclic amines) is 1. The molecule has 26 heavy (non-hydrogen) atoms. The van der Waals surface area contributed by atoms with Gasteiger partial charge in [-0.15, -0.1) is 0 Å². The van der Waals surface area contributed by atoms with Crippen molar-refractivity contribution in [2.75, 3.05) is 18.4 Å². The lowest BCUT2D eigenvalue weighted by Crippen LogP contribution is -2.50. The van der Waals surface area contributed by atoms with Gasteiger partial charge in [-0.2, -0.15) is 0 Å². The van der Waals surface area contributed by atoms with Crippen molar-refractivity contribution in [1.29, 1.82) is 0 Å². The number of aromatic carboxylic acids is 1. The first-order valence-corrected chi connectivity index (χ1v) is 8.58. The van der Waals surface area contributed by atoms with Crippen LogP contribution >= 0.6 is 0 Å². The Kier molecular flexibility index (Phi) is 3.99. The number of hydrogen-bond donors (Lipinski definition) is 1. The quantitative estimate of drug-likeness (QED) is 0.867. The maximum absolute atomic E-state index is 12.6. The van der Waals surface area contributed by atoms with Crippen molar-refractivity contribution < 1.29 is 14.7 Å². The fraction of sp³-hybridized carbons (Fsp3) is 0.316. The number of piperidine rings is 1. The fourth-order valence-corrected chi connectivity index (χ4v) is 3.95. The molecule has 2 bridgehead atoms. The largest absolute Gasteiger partial charge is 0.545 e. The maximum Gasteiger partial charge on any atom is 0.321 e. The fourth-order valence-electron chi connectivity index (χ4n) is 3.95. The van der Waals surface area contributed by atoms with Crippen LogP contribution in [0.4, 0.5) is 10.5 Å². The summed E-state index contributed by atoms with van der Waals surface area (Å²) in [7, 11) is 0. The molecule has 1 aromatic carbocycles. The van der Waals surface area contributed by atoms with Gasteiger partial charge in [0.2, 0.25) is 0 Å². The molecule has 1 N–H and O–H groups in total. The Labute approximate surface area is 149 Å². The zero-order valence-corrected chi connectivity index (χ0v) is 14.1. The van der Waals surface area contributed by atoms with E-state index < -0.39 is 5.97 Å². The molecule has 2 aliphatic heterocycles. The minimum atomic E-state index is -1.25. The molecule has 1 fully saturated rings. The number of carboxylic acid groups (broad SMARTS) is 1. The third-order valence-corrected chi connectivity index (χ3v) is 5.14. The van der Waals surface area contributed by atoms with Crippen molar-refractivity contribution in [3.8, 4) is 0 Å². The molecule has 1 saturated heterocycles. The number of hydrogen-bond acceptors (Lipinski definition) is 4. The van der Waals surface area contributed by atoms with Crippen molar-refractivity contribution in [1.82, 2.24) is 9.47 Å². The van der Waals surface area contributed by atoms with E-state index in [0.717, 1.165) is 12.1 Å². The van der Waals surface area contributed by atoms with Crippen LogP contribution in [0, 0.1) is 5.92 Å². The Hall–Kier alpha value is -3.09. The van der Waals surface area contributed by atoms with Crippen LogP contribution in [0.1, 0.15) is 28.4 Å². The number of anilines is 1. The number of nitrogens with one attached hydrogen (secondary N) is 1. The van der Waals surface area contributed by atoms with Gasteiger partial charge in [-0.05, 0) is 36.1 Å². The third kappa shape index (κ3) is 2.96. The molecule has 2 amide bonds. The first-order valence-electron chi connectivity index (χ1n) is 8.58. The van der Waals surface area contributed by atoms with E-state index in [-0.39, 0.29) is 29.0 Å². The molecule has 3 heterocycles. The molecule has 0 unspecified atom stereocenters. The summed E-state index contributed by atoms with van der Waals surface area (Å²) in [6, 6.07) is 11.0. The average Bonchev–Trinajstić information content (AvgIpc) is 2.63. The Morgan fingerprint density at radius 2 is 1.81 bits per heavy atom. The number of nitrogens with zero attached hydrogens (tertiary/aromatic N) is 2. The molecule has 0 spiro atoms. The van der Waals surface area contributed by atoms with Gasteiger partial charge in [0, 0.05) is 43.0 Å². The van der Waals surface area contributed by atoms with E-state index in [2.05, 4.69) is 5.32 Å². The minimum Gasteiger partial charge on any atom is -0.545 e. The predicted molar refractivity (Wildman–Crippen MR) is 92.9 cm³/mol. The number of carbonyl (C=O) groups excluding carboxylic acids is 2. The van der Waals surface area contributed by atoms with Gasteiger partial charge in [0.05, 0.1) is 5.97 Å². The van der Waals surface area contributed by atoms with E-state index in [1.54, 1.807) is 29.2 Å². The summed E-state index contributed by atoms with van der Waals surface area (Å²) >= 11 is 0. The molecule has 2 atom stereocenters. The van der Waals surface area contributed by atoms with Crippen molar-refractivity contribution in [2.24, 2.45) is 5.92 Å². The highest BCUT2D eigenvalue weighted by Gasteiger charge is 2.36. The topological polar surface area (TPSA) is 94.5 Å². The number of pyridine rings is 1. The van der Waals surface area contributed by atoms with Crippen LogP contribution in [0.15, 0.2) is 47.3 Å². The Balaban J connectivity index is 1.49. The summed E-state index contributed by atoms with van der Waals surface area (Å²) in [5, 5.41) is 13.6. The third-order valence-electron chi connectivity index (χ3n) is 5.14. The van der Waals surface area contributed by atoms with Gasteiger partial charge in [0.25, 0.3) is 5.56 Å². The lowest BCUT2D eigenvalue weighted by atomic mass is 9.83. The maximum atomic E-state index is 12.6. The van der Waals surface area contributed by atoms with E-state index in [1.807, 2.05) is 10.6 Å². The molecule has 2 aromatic rings. The lowest BCUT2D eigenvalue weighted by Gasteiger charge is -2.42. The Bertz CT molecular complexity index is 919. The van der Waals surface area contributed by atoms with Crippen LogP contribution in [0.5, 0.6) is 0 Å².